The Morgan fingerprint density at radius 3 is 2.90 bits per heavy atom. The van der Waals surface area contributed by atoms with Crippen LogP contribution in [0.3, 0.4) is 0 Å². The molecular weight excluding hydrogens is 262 g/mol. The maximum atomic E-state index is 11.9. The topological polar surface area (TPSA) is 105 Å². The molecule has 1 aliphatic heterocycles. The Kier molecular flexibility index (Phi) is 4.09. The zero-order chi connectivity index (χ0) is 14.7. The number of nitrogens with zero attached hydrogens (tertiary/aromatic N) is 1. The first-order chi connectivity index (χ1) is 9.56. The molecule has 1 atom stereocenters. The number of carbonyl (C=O) groups excluding carboxylic acids is 1. The molecule has 20 heavy (non-hydrogen) atoms. The minimum Gasteiger partial charge on any atom is -0.478 e. The normalized spacial score (nSPS) is 18.6. The van der Waals surface area contributed by atoms with Crippen molar-refractivity contribution in [2.75, 3.05) is 37.4 Å². The van der Waals surface area contributed by atoms with E-state index < -0.39 is 12.0 Å². The molecule has 1 aliphatic rings. The number of para-hydroxylation sites is 1. The fourth-order valence-corrected chi connectivity index (χ4v) is 2.27. The summed E-state index contributed by atoms with van der Waals surface area (Å²) in [5.74, 6) is -1.28. The highest BCUT2D eigenvalue weighted by Gasteiger charge is 2.30. The first-order valence-corrected chi connectivity index (χ1v) is 6.24. The molecule has 1 unspecified atom stereocenters. The standard InChI is InChI=1S/C13H17N3O4/c1-15-12(17)10-7-20-6-5-16(10)9-4-2-3-8(11(9)14)13(18)19/h2-4,10H,5-7,14H2,1H3,(H,15,17)(H,18,19). The van der Waals surface area contributed by atoms with Crippen LogP contribution in [0.15, 0.2) is 18.2 Å². The van der Waals surface area contributed by atoms with Crippen molar-refractivity contribution in [2.45, 2.75) is 6.04 Å². The number of nitrogen functional groups attached to an aromatic ring is 1. The van der Waals surface area contributed by atoms with Crippen LogP contribution in [0.4, 0.5) is 11.4 Å². The van der Waals surface area contributed by atoms with Gasteiger partial charge in [0.15, 0.2) is 0 Å². The second-order valence-electron chi connectivity index (χ2n) is 4.44. The number of aromatic carboxylic acids is 1. The number of anilines is 2. The van der Waals surface area contributed by atoms with Gasteiger partial charge in [-0.3, -0.25) is 4.79 Å². The summed E-state index contributed by atoms with van der Waals surface area (Å²) in [7, 11) is 1.55. The average Bonchev–Trinajstić information content (AvgIpc) is 2.46. The molecule has 108 valence electrons. The Balaban J connectivity index is 2.40. The predicted molar refractivity (Wildman–Crippen MR) is 73.8 cm³/mol. The average molecular weight is 279 g/mol. The summed E-state index contributed by atoms with van der Waals surface area (Å²) in [5, 5.41) is 11.7. The Bertz CT molecular complexity index is 532. The summed E-state index contributed by atoms with van der Waals surface area (Å²) in [5.41, 5.74) is 6.66. The Morgan fingerprint density at radius 2 is 2.25 bits per heavy atom. The van der Waals surface area contributed by atoms with E-state index in [0.717, 1.165) is 0 Å². The third-order valence-corrected chi connectivity index (χ3v) is 3.30. The van der Waals surface area contributed by atoms with Crippen molar-refractivity contribution in [3.8, 4) is 0 Å². The van der Waals surface area contributed by atoms with E-state index in [0.29, 0.717) is 18.8 Å². The lowest BCUT2D eigenvalue weighted by Gasteiger charge is -2.36. The molecule has 0 aliphatic carbocycles. The molecule has 0 spiro atoms. The molecular formula is C13H17N3O4. The van der Waals surface area contributed by atoms with Gasteiger partial charge in [0, 0.05) is 13.6 Å². The highest BCUT2D eigenvalue weighted by atomic mass is 16.5. The van der Waals surface area contributed by atoms with Crippen LogP contribution >= 0.6 is 0 Å². The minimum atomic E-state index is -1.09. The van der Waals surface area contributed by atoms with Gasteiger partial charge in [-0.15, -0.1) is 0 Å². The number of carboxylic acid groups (broad SMARTS) is 1. The van der Waals surface area contributed by atoms with Crippen LogP contribution in [-0.4, -0.2) is 49.8 Å². The Hall–Kier alpha value is -2.28. The number of ether oxygens (including phenoxy) is 1. The number of nitrogens with one attached hydrogen (secondary N) is 1. The van der Waals surface area contributed by atoms with E-state index in [4.69, 9.17) is 15.6 Å². The van der Waals surface area contributed by atoms with Gasteiger partial charge in [-0.25, -0.2) is 4.79 Å². The molecule has 0 bridgehead atoms. The third kappa shape index (κ3) is 2.53. The number of hydrogen-bond acceptors (Lipinski definition) is 5. The number of benzene rings is 1. The molecule has 0 radical (unpaired) electrons. The second-order valence-corrected chi connectivity index (χ2v) is 4.44. The number of carboxylic acids is 1. The number of morpholine rings is 1. The van der Waals surface area contributed by atoms with Crippen LogP contribution in [-0.2, 0) is 9.53 Å². The first kappa shape index (κ1) is 14.1. The summed E-state index contributed by atoms with van der Waals surface area (Å²) < 4.78 is 5.31. The van der Waals surface area contributed by atoms with Crippen LogP contribution in [0.25, 0.3) is 0 Å². The summed E-state index contributed by atoms with van der Waals surface area (Å²) in [6.45, 7) is 1.19. The molecule has 2 rings (SSSR count). The van der Waals surface area contributed by atoms with Crippen molar-refractivity contribution in [1.29, 1.82) is 0 Å². The van der Waals surface area contributed by atoms with Crippen LogP contribution in [0.2, 0.25) is 0 Å². The molecule has 0 saturated carbocycles. The number of rotatable bonds is 3. The molecule has 1 aromatic carbocycles. The van der Waals surface area contributed by atoms with Gasteiger partial charge in [-0.05, 0) is 12.1 Å². The molecule has 1 aromatic rings. The molecule has 1 fully saturated rings. The van der Waals surface area contributed by atoms with Gasteiger partial charge in [0.1, 0.15) is 6.04 Å². The van der Waals surface area contributed by atoms with E-state index in [1.807, 2.05) is 0 Å². The van der Waals surface area contributed by atoms with Crippen molar-refractivity contribution < 1.29 is 19.4 Å². The first-order valence-electron chi connectivity index (χ1n) is 6.24. The SMILES string of the molecule is CNC(=O)C1COCCN1c1cccc(C(=O)O)c1N. The lowest BCUT2D eigenvalue weighted by molar-refractivity contribution is -0.124. The van der Waals surface area contributed by atoms with Gasteiger partial charge in [0.2, 0.25) is 5.91 Å². The monoisotopic (exact) mass is 279 g/mol. The third-order valence-electron chi connectivity index (χ3n) is 3.30. The minimum absolute atomic E-state index is 0.0321. The van der Waals surface area contributed by atoms with Crippen molar-refractivity contribution in [1.82, 2.24) is 5.32 Å². The number of nitrogens with two attached hydrogens (primary N) is 1. The summed E-state index contributed by atoms with van der Waals surface area (Å²) in [6, 6.07) is 4.26. The van der Waals surface area contributed by atoms with Crippen LogP contribution in [0, 0.1) is 0 Å². The van der Waals surface area contributed by atoms with E-state index in [1.165, 1.54) is 6.07 Å². The number of hydrogen-bond donors (Lipinski definition) is 3. The highest BCUT2D eigenvalue weighted by molar-refractivity contribution is 5.98. The zero-order valence-corrected chi connectivity index (χ0v) is 11.1. The largest absolute Gasteiger partial charge is 0.478 e. The maximum Gasteiger partial charge on any atom is 0.337 e. The number of likely N-dealkylation sites (N-methyl/N-ethyl adjacent to an activating group) is 1. The van der Waals surface area contributed by atoms with Crippen molar-refractivity contribution in [3.05, 3.63) is 23.8 Å². The quantitative estimate of drug-likeness (QED) is 0.668. The molecule has 0 aromatic heterocycles. The van der Waals surface area contributed by atoms with Crippen molar-refractivity contribution in [2.24, 2.45) is 0 Å². The predicted octanol–water partition coefficient (Wildman–Crippen LogP) is -0.0818. The van der Waals surface area contributed by atoms with Gasteiger partial charge < -0.3 is 25.8 Å². The van der Waals surface area contributed by atoms with E-state index in [-0.39, 0.29) is 23.8 Å². The molecule has 4 N–H and O–H groups in total. The smallest absolute Gasteiger partial charge is 0.337 e. The van der Waals surface area contributed by atoms with Crippen molar-refractivity contribution in [3.63, 3.8) is 0 Å². The van der Waals surface area contributed by atoms with Gasteiger partial charge in [-0.2, -0.15) is 0 Å². The van der Waals surface area contributed by atoms with Gasteiger partial charge >= 0.3 is 5.97 Å². The lowest BCUT2D eigenvalue weighted by atomic mass is 10.1. The van der Waals surface area contributed by atoms with Gasteiger partial charge in [-0.1, -0.05) is 6.07 Å². The highest BCUT2D eigenvalue weighted by Crippen LogP contribution is 2.29. The Morgan fingerprint density at radius 1 is 1.50 bits per heavy atom. The van der Waals surface area contributed by atoms with Crippen LogP contribution in [0.5, 0.6) is 0 Å². The van der Waals surface area contributed by atoms with Crippen molar-refractivity contribution >= 4 is 23.3 Å². The number of amides is 1. The number of carbonyl (C=O) groups is 2. The van der Waals surface area contributed by atoms with E-state index in [2.05, 4.69) is 5.32 Å². The lowest BCUT2D eigenvalue weighted by Crippen LogP contribution is -2.53. The maximum absolute atomic E-state index is 11.9. The van der Waals surface area contributed by atoms with Gasteiger partial charge in [0.25, 0.3) is 0 Å². The zero-order valence-electron chi connectivity index (χ0n) is 11.1. The van der Waals surface area contributed by atoms with E-state index in [9.17, 15) is 9.59 Å². The van der Waals surface area contributed by atoms with Gasteiger partial charge in [0.05, 0.1) is 30.2 Å². The van der Waals surface area contributed by atoms with Crippen LogP contribution in [0.1, 0.15) is 10.4 Å². The summed E-state index contributed by atoms with van der Waals surface area (Å²) in [6.07, 6.45) is 0. The fourth-order valence-electron chi connectivity index (χ4n) is 2.27. The molecule has 7 heteroatoms. The molecule has 7 nitrogen and oxygen atoms in total. The van der Waals surface area contributed by atoms with E-state index in [1.54, 1.807) is 24.1 Å². The molecule has 1 saturated heterocycles. The summed E-state index contributed by atoms with van der Waals surface area (Å²) >= 11 is 0. The van der Waals surface area contributed by atoms with Crippen LogP contribution < -0.4 is 16.0 Å². The Labute approximate surface area is 116 Å². The second kappa shape index (κ2) is 5.79. The fraction of sp³-hybridized carbons (Fsp3) is 0.385. The molecule has 1 amide bonds. The molecule has 1 heterocycles. The van der Waals surface area contributed by atoms with E-state index >= 15 is 0 Å². The summed E-state index contributed by atoms with van der Waals surface area (Å²) in [4.78, 5) is 24.8.